The summed E-state index contributed by atoms with van der Waals surface area (Å²) in [5, 5.41) is 15.8. The van der Waals surface area contributed by atoms with Gasteiger partial charge in [-0.3, -0.25) is 0 Å². The van der Waals surface area contributed by atoms with Crippen molar-refractivity contribution in [1.29, 1.82) is 0 Å². The number of nitrogens with one attached hydrogen (secondary N) is 2. The van der Waals surface area contributed by atoms with Crippen molar-refractivity contribution in [3.05, 3.63) is 35.9 Å². The number of carbonyl (C=O) groups excluding carboxylic acids is 1. The summed E-state index contributed by atoms with van der Waals surface area (Å²) in [4.78, 5) is 12.5. The van der Waals surface area contributed by atoms with E-state index in [1.807, 2.05) is 6.07 Å². The number of ether oxygens (including phenoxy) is 1. The third kappa shape index (κ3) is 3.98. The van der Waals surface area contributed by atoms with Crippen LogP contribution in [0.15, 0.2) is 30.3 Å². The first-order valence-electron chi connectivity index (χ1n) is 9.37. The average molecular weight is 346 g/mol. The number of aliphatic hydroxyl groups is 1. The van der Waals surface area contributed by atoms with Gasteiger partial charge in [-0.15, -0.1) is 0 Å². The van der Waals surface area contributed by atoms with Gasteiger partial charge in [-0.2, -0.15) is 0 Å². The van der Waals surface area contributed by atoms with E-state index in [-0.39, 0.29) is 29.5 Å². The SMILES string of the molecule is CC1(CO)CCCC1NC(=O)NCC1(c2ccccc2)CCOCC1. The molecular weight excluding hydrogens is 316 g/mol. The molecule has 2 fully saturated rings. The molecule has 0 radical (unpaired) electrons. The lowest BCUT2D eigenvalue weighted by Crippen LogP contribution is -2.52. The minimum Gasteiger partial charge on any atom is -0.396 e. The summed E-state index contributed by atoms with van der Waals surface area (Å²) in [5.41, 5.74) is 1.000. The van der Waals surface area contributed by atoms with Crippen LogP contribution in [0.2, 0.25) is 0 Å². The summed E-state index contributed by atoms with van der Waals surface area (Å²) in [6.07, 6.45) is 4.76. The van der Waals surface area contributed by atoms with Crippen LogP contribution in [0.3, 0.4) is 0 Å². The highest BCUT2D eigenvalue weighted by atomic mass is 16.5. The van der Waals surface area contributed by atoms with Crippen molar-refractivity contribution in [3.8, 4) is 0 Å². The molecule has 1 aromatic carbocycles. The fraction of sp³-hybridized carbons (Fsp3) is 0.650. The zero-order chi connectivity index (χ0) is 17.8. The molecule has 25 heavy (non-hydrogen) atoms. The largest absolute Gasteiger partial charge is 0.396 e. The third-order valence-electron chi connectivity index (χ3n) is 6.17. The Labute approximate surface area is 150 Å². The van der Waals surface area contributed by atoms with Crippen LogP contribution >= 0.6 is 0 Å². The number of hydrogen-bond donors (Lipinski definition) is 3. The first-order chi connectivity index (χ1) is 12.1. The van der Waals surface area contributed by atoms with Gasteiger partial charge in [-0.05, 0) is 31.2 Å². The van der Waals surface area contributed by atoms with Crippen molar-refractivity contribution >= 4 is 6.03 Å². The lowest BCUT2D eigenvalue weighted by Gasteiger charge is -2.38. The van der Waals surface area contributed by atoms with E-state index < -0.39 is 0 Å². The molecule has 1 aromatic rings. The number of amides is 2. The average Bonchev–Trinajstić information content (AvgIpc) is 3.02. The summed E-state index contributed by atoms with van der Waals surface area (Å²) in [6, 6.07) is 10.3. The molecule has 0 spiro atoms. The first-order valence-corrected chi connectivity index (χ1v) is 9.37. The Kier molecular flexibility index (Phi) is 5.64. The number of aliphatic hydroxyl groups excluding tert-OH is 1. The molecule has 138 valence electrons. The molecule has 3 rings (SSSR count). The summed E-state index contributed by atoms with van der Waals surface area (Å²) < 4.78 is 5.55. The van der Waals surface area contributed by atoms with Crippen LogP contribution in [0.25, 0.3) is 0 Å². The lowest BCUT2D eigenvalue weighted by molar-refractivity contribution is 0.0505. The molecule has 2 unspecified atom stereocenters. The Morgan fingerprint density at radius 2 is 1.96 bits per heavy atom. The van der Waals surface area contributed by atoms with E-state index in [4.69, 9.17) is 4.74 Å². The van der Waals surface area contributed by atoms with Crippen molar-refractivity contribution in [3.63, 3.8) is 0 Å². The van der Waals surface area contributed by atoms with E-state index in [0.717, 1.165) is 45.3 Å². The minimum atomic E-state index is -0.201. The van der Waals surface area contributed by atoms with Crippen LogP contribution in [0.1, 0.15) is 44.6 Å². The number of benzene rings is 1. The highest BCUT2D eigenvalue weighted by molar-refractivity contribution is 5.74. The van der Waals surface area contributed by atoms with Gasteiger partial charge in [0.2, 0.25) is 0 Å². The molecule has 1 aliphatic carbocycles. The van der Waals surface area contributed by atoms with Gasteiger partial charge in [0, 0.05) is 36.6 Å². The quantitative estimate of drug-likeness (QED) is 0.767. The van der Waals surface area contributed by atoms with Gasteiger partial charge in [0.25, 0.3) is 0 Å². The molecule has 1 saturated carbocycles. The maximum atomic E-state index is 12.5. The zero-order valence-corrected chi connectivity index (χ0v) is 15.1. The van der Waals surface area contributed by atoms with Crippen LogP contribution in [-0.4, -0.2) is 43.5 Å². The smallest absolute Gasteiger partial charge is 0.315 e. The molecule has 1 saturated heterocycles. The molecule has 1 aliphatic heterocycles. The van der Waals surface area contributed by atoms with Crippen LogP contribution in [-0.2, 0) is 10.2 Å². The van der Waals surface area contributed by atoms with Crippen LogP contribution < -0.4 is 10.6 Å². The first kappa shape index (κ1) is 18.2. The second kappa shape index (κ2) is 7.75. The molecule has 1 heterocycles. The van der Waals surface area contributed by atoms with Gasteiger partial charge >= 0.3 is 6.03 Å². The summed E-state index contributed by atoms with van der Waals surface area (Å²) >= 11 is 0. The van der Waals surface area contributed by atoms with E-state index in [0.29, 0.717) is 6.54 Å². The third-order valence-corrected chi connectivity index (χ3v) is 6.17. The van der Waals surface area contributed by atoms with Gasteiger partial charge in [0.15, 0.2) is 0 Å². The van der Waals surface area contributed by atoms with Crippen molar-refractivity contribution < 1.29 is 14.6 Å². The summed E-state index contributed by atoms with van der Waals surface area (Å²) in [7, 11) is 0. The Morgan fingerprint density at radius 3 is 2.64 bits per heavy atom. The fourth-order valence-electron chi connectivity index (χ4n) is 4.25. The fourth-order valence-corrected chi connectivity index (χ4v) is 4.25. The monoisotopic (exact) mass is 346 g/mol. The van der Waals surface area contributed by atoms with Crippen molar-refractivity contribution in [2.45, 2.75) is 50.5 Å². The second-order valence-electron chi connectivity index (χ2n) is 7.84. The highest BCUT2D eigenvalue weighted by Crippen LogP contribution is 2.37. The summed E-state index contributed by atoms with van der Waals surface area (Å²) in [5.74, 6) is 0. The molecule has 3 N–H and O–H groups in total. The van der Waals surface area contributed by atoms with Crippen molar-refractivity contribution in [1.82, 2.24) is 10.6 Å². The minimum absolute atomic E-state index is 0.0415. The van der Waals surface area contributed by atoms with Crippen LogP contribution in [0.5, 0.6) is 0 Å². The predicted octanol–water partition coefficient (Wildman–Crippen LogP) is 2.59. The number of rotatable bonds is 5. The molecule has 5 heteroatoms. The van der Waals surface area contributed by atoms with E-state index in [2.05, 4.69) is 41.8 Å². The van der Waals surface area contributed by atoms with Gasteiger partial charge in [-0.1, -0.05) is 43.7 Å². The van der Waals surface area contributed by atoms with E-state index >= 15 is 0 Å². The van der Waals surface area contributed by atoms with Crippen molar-refractivity contribution in [2.24, 2.45) is 5.41 Å². The maximum Gasteiger partial charge on any atom is 0.315 e. The van der Waals surface area contributed by atoms with Gasteiger partial charge < -0.3 is 20.5 Å². The summed E-state index contributed by atoms with van der Waals surface area (Å²) in [6.45, 7) is 4.22. The Balaban J connectivity index is 1.62. The number of carbonyl (C=O) groups is 1. The van der Waals surface area contributed by atoms with Gasteiger partial charge in [-0.25, -0.2) is 4.79 Å². The maximum absolute atomic E-state index is 12.5. The topological polar surface area (TPSA) is 70.6 Å². The van der Waals surface area contributed by atoms with Crippen LogP contribution in [0.4, 0.5) is 4.79 Å². The van der Waals surface area contributed by atoms with Gasteiger partial charge in [0.1, 0.15) is 0 Å². The molecule has 2 aliphatic rings. The molecule has 2 amide bonds. The van der Waals surface area contributed by atoms with E-state index in [1.54, 1.807) is 0 Å². The second-order valence-corrected chi connectivity index (χ2v) is 7.84. The van der Waals surface area contributed by atoms with Gasteiger partial charge in [0.05, 0.1) is 6.61 Å². The Hall–Kier alpha value is -1.59. The molecule has 0 aromatic heterocycles. The van der Waals surface area contributed by atoms with E-state index in [9.17, 15) is 9.90 Å². The molecule has 5 nitrogen and oxygen atoms in total. The highest BCUT2D eigenvalue weighted by Gasteiger charge is 2.40. The Morgan fingerprint density at radius 1 is 1.24 bits per heavy atom. The standard InChI is InChI=1S/C20H30N2O3/c1-19(15-23)9-5-8-17(19)22-18(24)21-14-20(10-12-25-13-11-20)16-6-3-2-4-7-16/h2-4,6-7,17,23H,5,8-15H2,1H3,(H2,21,22,24). The lowest BCUT2D eigenvalue weighted by atomic mass is 9.74. The van der Waals surface area contributed by atoms with E-state index in [1.165, 1.54) is 5.56 Å². The Bertz CT molecular complexity index is 572. The number of hydrogen-bond acceptors (Lipinski definition) is 3. The number of urea groups is 1. The predicted molar refractivity (Wildman–Crippen MR) is 97.5 cm³/mol. The zero-order valence-electron chi connectivity index (χ0n) is 15.1. The molecule has 0 bridgehead atoms. The normalized spacial score (nSPS) is 28.5. The molecule has 2 atom stereocenters. The van der Waals surface area contributed by atoms with Crippen molar-refractivity contribution in [2.75, 3.05) is 26.4 Å². The van der Waals surface area contributed by atoms with Crippen LogP contribution in [0, 0.1) is 5.41 Å². The molecular formula is C20H30N2O3.